The zero-order valence-electron chi connectivity index (χ0n) is 16.6. The Bertz CT molecular complexity index is 939. The van der Waals surface area contributed by atoms with Gasteiger partial charge in [-0.1, -0.05) is 42.5 Å². The molecule has 2 nitrogen and oxygen atoms in total. The lowest BCUT2D eigenvalue weighted by Crippen LogP contribution is -2.26. The zero-order valence-corrected chi connectivity index (χ0v) is 16.6. The number of aryl methyl sites for hydroxylation is 4. The molecule has 0 radical (unpaired) electrons. The van der Waals surface area contributed by atoms with E-state index in [1.54, 1.807) is 0 Å². The Hall–Kier alpha value is -2.74. The molecule has 0 bridgehead atoms. The molecule has 0 aliphatic carbocycles. The highest BCUT2D eigenvalue weighted by molar-refractivity contribution is 5.64. The Kier molecular flexibility index (Phi) is 4.65. The van der Waals surface area contributed by atoms with Gasteiger partial charge in [-0.25, -0.2) is 0 Å². The van der Waals surface area contributed by atoms with Gasteiger partial charge in [0.25, 0.3) is 0 Å². The lowest BCUT2D eigenvalue weighted by molar-refractivity contribution is 0.586. The van der Waals surface area contributed by atoms with E-state index >= 15 is 0 Å². The number of anilines is 2. The third-order valence-electron chi connectivity index (χ3n) is 5.45. The summed E-state index contributed by atoms with van der Waals surface area (Å²) in [5, 5.41) is 7.63. The predicted octanol–water partition coefficient (Wildman–Crippen LogP) is 6.63. The first-order valence-corrected chi connectivity index (χ1v) is 9.77. The molecule has 0 aromatic heterocycles. The van der Waals surface area contributed by atoms with E-state index in [0.717, 1.165) is 6.42 Å². The van der Waals surface area contributed by atoms with Crippen LogP contribution < -0.4 is 10.6 Å². The Morgan fingerprint density at radius 3 is 2.19 bits per heavy atom. The lowest BCUT2D eigenvalue weighted by atomic mass is 9.86. The van der Waals surface area contributed by atoms with Crippen molar-refractivity contribution in [3.63, 3.8) is 0 Å². The molecule has 2 heteroatoms. The molecule has 4 rings (SSSR count). The molecule has 2 atom stereocenters. The van der Waals surface area contributed by atoms with Gasteiger partial charge in [0.1, 0.15) is 0 Å². The zero-order chi connectivity index (χ0) is 19.0. The first-order valence-electron chi connectivity index (χ1n) is 9.77. The summed E-state index contributed by atoms with van der Waals surface area (Å²) in [5.41, 5.74) is 10.5. The van der Waals surface area contributed by atoms with Gasteiger partial charge < -0.3 is 10.6 Å². The van der Waals surface area contributed by atoms with E-state index in [1.165, 1.54) is 44.8 Å². The standard InChI is InChI=1S/C25H28N2/c1-16-10-17(2)13-21(12-16)26-24-15-22(20-8-6-5-7-9-20)27-23-14-18(3)11-19(4)25(23)24/h5-14,22,24,26-27H,15H2,1-4H3/t22-,24+/m0/s1. The van der Waals surface area contributed by atoms with Crippen molar-refractivity contribution in [3.05, 3.63) is 94.0 Å². The van der Waals surface area contributed by atoms with Crippen LogP contribution in [-0.2, 0) is 0 Å². The molecule has 0 spiro atoms. The Labute approximate surface area is 162 Å². The first-order chi connectivity index (χ1) is 13.0. The fraction of sp³-hybridized carbons (Fsp3) is 0.280. The fourth-order valence-electron chi connectivity index (χ4n) is 4.46. The second-order valence-corrected chi connectivity index (χ2v) is 7.96. The van der Waals surface area contributed by atoms with Crippen molar-refractivity contribution in [2.75, 3.05) is 10.6 Å². The number of nitrogens with one attached hydrogen (secondary N) is 2. The van der Waals surface area contributed by atoms with Crippen LogP contribution >= 0.6 is 0 Å². The molecule has 3 aromatic rings. The van der Waals surface area contributed by atoms with Crippen molar-refractivity contribution < 1.29 is 0 Å². The maximum Gasteiger partial charge on any atom is 0.0559 e. The molecule has 1 heterocycles. The van der Waals surface area contributed by atoms with Gasteiger partial charge in [-0.05, 0) is 80.1 Å². The number of fused-ring (bicyclic) bond motifs is 1. The van der Waals surface area contributed by atoms with E-state index in [2.05, 4.69) is 99.0 Å². The van der Waals surface area contributed by atoms with E-state index in [-0.39, 0.29) is 6.04 Å². The van der Waals surface area contributed by atoms with Gasteiger partial charge in [-0.2, -0.15) is 0 Å². The summed E-state index contributed by atoms with van der Waals surface area (Å²) in [6.07, 6.45) is 1.02. The largest absolute Gasteiger partial charge is 0.378 e. The van der Waals surface area contributed by atoms with Gasteiger partial charge in [-0.15, -0.1) is 0 Å². The van der Waals surface area contributed by atoms with Crippen LogP contribution in [-0.4, -0.2) is 0 Å². The van der Waals surface area contributed by atoms with E-state index in [1.807, 2.05) is 0 Å². The monoisotopic (exact) mass is 356 g/mol. The molecule has 1 aliphatic rings. The topological polar surface area (TPSA) is 24.1 Å². The van der Waals surface area contributed by atoms with Crippen molar-refractivity contribution in [1.82, 2.24) is 0 Å². The second kappa shape index (κ2) is 7.11. The molecular weight excluding hydrogens is 328 g/mol. The van der Waals surface area contributed by atoms with Crippen LogP contribution in [0.2, 0.25) is 0 Å². The fourth-order valence-corrected chi connectivity index (χ4v) is 4.46. The van der Waals surface area contributed by atoms with Crippen molar-refractivity contribution in [2.45, 2.75) is 46.2 Å². The Morgan fingerprint density at radius 2 is 1.48 bits per heavy atom. The number of benzene rings is 3. The van der Waals surface area contributed by atoms with Gasteiger partial charge in [-0.3, -0.25) is 0 Å². The normalized spacial score (nSPS) is 18.5. The van der Waals surface area contributed by atoms with Crippen molar-refractivity contribution in [3.8, 4) is 0 Å². The summed E-state index contributed by atoms with van der Waals surface area (Å²) in [7, 11) is 0. The summed E-state index contributed by atoms with van der Waals surface area (Å²) in [5.74, 6) is 0. The average molecular weight is 357 g/mol. The van der Waals surface area contributed by atoms with Crippen LogP contribution in [0.5, 0.6) is 0 Å². The van der Waals surface area contributed by atoms with Gasteiger partial charge in [0.15, 0.2) is 0 Å². The summed E-state index contributed by atoms with van der Waals surface area (Å²) in [4.78, 5) is 0. The van der Waals surface area contributed by atoms with E-state index < -0.39 is 0 Å². The maximum atomic E-state index is 3.84. The quantitative estimate of drug-likeness (QED) is 0.550. The minimum absolute atomic E-state index is 0.285. The molecule has 27 heavy (non-hydrogen) atoms. The lowest BCUT2D eigenvalue weighted by Gasteiger charge is -2.36. The van der Waals surface area contributed by atoms with Gasteiger partial charge in [0.05, 0.1) is 12.1 Å². The third-order valence-corrected chi connectivity index (χ3v) is 5.45. The number of hydrogen-bond donors (Lipinski definition) is 2. The second-order valence-electron chi connectivity index (χ2n) is 7.96. The molecule has 0 fully saturated rings. The molecule has 138 valence electrons. The van der Waals surface area contributed by atoms with E-state index in [4.69, 9.17) is 0 Å². The summed E-state index contributed by atoms with van der Waals surface area (Å²) in [6, 6.07) is 22.7. The summed E-state index contributed by atoms with van der Waals surface area (Å²) >= 11 is 0. The van der Waals surface area contributed by atoms with Crippen LogP contribution in [0.3, 0.4) is 0 Å². The minimum Gasteiger partial charge on any atom is -0.378 e. The van der Waals surface area contributed by atoms with Crippen LogP contribution in [0.4, 0.5) is 11.4 Å². The Balaban J connectivity index is 1.74. The van der Waals surface area contributed by atoms with Crippen LogP contribution in [0.25, 0.3) is 0 Å². The minimum atomic E-state index is 0.285. The van der Waals surface area contributed by atoms with Crippen molar-refractivity contribution >= 4 is 11.4 Å². The molecule has 0 saturated carbocycles. The highest BCUT2D eigenvalue weighted by Gasteiger charge is 2.29. The first kappa shape index (κ1) is 17.7. The maximum absolute atomic E-state index is 3.84. The van der Waals surface area contributed by atoms with Crippen LogP contribution in [0.1, 0.15) is 51.9 Å². The summed E-state index contributed by atoms with van der Waals surface area (Å²) in [6.45, 7) is 8.73. The Morgan fingerprint density at radius 1 is 0.815 bits per heavy atom. The molecule has 0 unspecified atom stereocenters. The molecule has 0 saturated heterocycles. The number of rotatable bonds is 3. The average Bonchev–Trinajstić information content (AvgIpc) is 2.60. The molecular formula is C25H28N2. The smallest absolute Gasteiger partial charge is 0.0559 e. The van der Waals surface area contributed by atoms with Crippen LogP contribution in [0, 0.1) is 27.7 Å². The highest BCUT2D eigenvalue weighted by Crippen LogP contribution is 2.42. The summed E-state index contributed by atoms with van der Waals surface area (Å²) < 4.78 is 0. The van der Waals surface area contributed by atoms with Gasteiger partial charge >= 0.3 is 0 Å². The van der Waals surface area contributed by atoms with Gasteiger partial charge in [0.2, 0.25) is 0 Å². The van der Waals surface area contributed by atoms with Crippen LogP contribution in [0.15, 0.2) is 60.7 Å². The van der Waals surface area contributed by atoms with E-state index in [0.29, 0.717) is 6.04 Å². The number of hydrogen-bond acceptors (Lipinski definition) is 2. The third kappa shape index (κ3) is 3.71. The SMILES string of the molecule is Cc1cc(C)cc(N[C@@H]2C[C@@H](c3ccccc3)Nc3cc(C)cc(C)c32)c1. The molecule has 2 N–H and O–H groups in total. The predicted molar refractivity (Wildman–Crippen MR) is 116 cm³/mol. The highest BCUT2D eigenvalue weighted by atomic mass is 15.0. The van der Waals surface area contributed by atoms with E-state index in [9.17, 15) is 0 Å². The molecule has 3 aromatic carbocycles. The molecule has 1 aliphatic heterocycles. The van der Waals surface area contributed by atoms with Crippen molar-refractivity contribution in [1.29, 1.82) is 0 Å². The van der Waals surface area contributed by atoms with Gasteiger partial charge in [0, 0.05) is 16.9 Å². The molecule has 0 amide bonds. The van der Waals surface area contributed by atoms with Crippen molar-refractivity contribution in [2.24, 2.45) is 0 Å².